The molecule has 0 saturated carbocycles. The Morgan fingerprint density at radius 3 is 1.74 bits per heavy atom. The number of rotatable bonds is 4. The van der Waals surface area contributed by atoms with E-state index >= 15 is 0 Å². The predicted molar refractivity (Wildman–Crippen MR) is 205 cm³/mol. The van der Waals surface area contributed by atoms with E-state index in [2.05, 4.69) is 172 Å². The van der Waals surface area contributed by atoms with Crippen molar-refractivity contribution in [3.05, 3.63) is 146 Å². The van der Waals surface area contributed by atoms with E-state index in [0.29, 0.717) is 11.8 Å². The van der Waals surface area contributed by atoms with Gasteiger partial charge in [0.25, 0.3) is 0 Å². The first-order valence-corrected chi connectivity index (χ1v) is 19.9. The number of aryl methyl sites for hydroxylation is 2. The minimum absolute atomic E-state index is 0. The molecule has 6 aromatic carbocycles. The molecule has 0 aromatic heterocycles. The van der Waals surface area contributed by atoms with Gasteiger partial charge in [0.05, 0.1) is 0 Å². The van der Waals surface area contributed by atoms with Gasteiger partial charge in [0.1, 0.15) is 0 Å². The molecule has 46 heavy (non-hydrogen) atoms. The van der Waals surface area contributed by atoms with E-state index in [9.17, 15) is 0 Å². The topological polar surface area (TPSA) is 0 Å². The quantitative estimate of drug-likeness (QED) is 0.127. The first-order valence-electron chi connectivity index (χ1n) is 15.7. The Balaban J connectivity index is 0.000000293. The van der Waals surface area contributed by atoms with Gasteiger partial charge in [-0.3, -0.25) is 0 Å². The molecule has 0 bridgehead atoms. The zero-order chi connectivity index (χ0) is 32.2. The Morgan fingerprint density at radius 2 is 1.20 bits per heavy atom. The second-order valence-electron chi connectivity index (χ2n) is 13.6. The molecule has 0 atom stereocenters. The Bertz CT molecular complexity index is 1820. The van der Waals surface area contributed by atoms with Crippen LogP contribution in [-0.4, -0.2) is 6.88 Å². The van der Waals surface area contributed by atoms with Gasteiger partial charge in [-0.2, -0.15) is 12.1 Å². The Kier molecular flexibility index (Phi) is 14.4. The molecule has 6 aromatic rings. The van der Waals surface area contributed by atoms with Crippen LogP contribution in [0.1, 0.15) is 88.1 Å². The fraction of sp³-hybridized carbons (Fsp3) is 0.273. The van der Waals surface area contributed by atoms with Gasteiger partial charge in [-0.25, -0.2) is 0 Å². The molecule has 0 aliphatic rings. The van der Waals surface area contributed by atoms with Crippen molar-refractivity contribution >= 4 is 28.4 Å². The van der Waals surface area contributed by atoms with Crippen LogP contribution in [0.3, 0.4) is 0 Å². The fourth-order valence-corrected chi connectivity index (χ4v) is 5.88. The van der Waals surface area contributed by atoms with E-state index in [-0.39, 0.29) is 20.3 Å². The predicted octanol–water partition coefficient (Wildman–Crippen LogP) is 13.1. The summed E-state index contributed by atoms with van der Waals surface area (Å²) in [7, 11) is 0. The van der Waals surface area contributed by atoms with E-state index < -0.39 is 0 Å². The number of benzene rings is 4. The summed E-state index contributed by atoms with van der Waals surface area (Å²) in [6, 6.07) is 38.4. The maximum absolute atomic E-state index is 3.06. The van der Waals surface area contributed by atoms with E-state index in [4.69, 9.17) is 0 Å². The maximum atomic E-state index is 3.06. The third-order valence-electron chi connectivity index (χ3n) is 8.64. The van der Waals surface area contributed by atoms with Gasteiger partial charge in [-0.05, 0) is 39.5 Å². The summed E-state index contributed by atoms with van der Waals surface area (Å²) in [6.07, 6.45) is 0. The second kappa shape index (κ2) is 16.9. The Morgan fingerprint density at radius 1 is 0.630 bits per heavy atom. The van der Waals surface area contributed by atoms with Gasteiger partial charge >= 0.3 is 30.2 Å². The van der Waals surface area contributed by atoms with Crippen LogP contribution in [0.5, 0.6) is 0 Å². The number of fused-ring (bicyclic) bond motifs is 2. The van der Waals surface area contributed by atoms with Crippen molar-refractivity contribution in [1.29, 1.82) is 0 Å². The van der Waals surface area contributed by atoms with Crippen LogP contribution in [-0.2, 0) is 28.8 Å². The van der Waals surface area contributed by atoms with Crippen LogP contribution in [0.15, 0.2) is 103 Å². The van der Waals surface area contributed by atoms with Crippen LogP contribution < -0.4 is 0 Å². The van der Waals surface area contributed by atoms with E-state index in [0.717, 1.165) is 0 Å². The van der Waals surface area contributed by atoms with Gasteiger partial charge in [-0.1, -0.05) is 134 Å². The van der Waals surface area contributed by atoms with Crippen LogP contribution in [0.25, 0.3) is 43.8 Å². The third kappa shape index (κ3) is 8.96. The zero-order valence-electron chi connectivity index (χ0n) is 30.0. The van der Waals surface area contributed by atoms with Crippen LogP contribution >= 0.6 is 0 Å². The molecule has 0 unspecified atom stereocenters. The molecule has 0 amide bonds. The van der Waals surface area contributed by atoms with Gasteiger partial charge in [-0.15, -0.1) is 68.6 Å². The molecule has 240 valence electrons. The van der Waals surface area contributed by atoms with Crippen molar-refractivity contribution in [3.8, 4) is 22.3 Å². The molecule has 0 saturated heterocycles. The molecular weight excluding hydrogens is 648 g/mol. The van der Waals surface area contributed by atoms with Crippen molar-refractivity contribution in [2.24, 2.45) is 0 Å². The summed E-state index contributed by atoms with van der Waals surface area (Å²) < 4.78 is 0. The summed E-state index contributed by atoms with van der Waals surface area (Å²) in [6.45, 7) is 23.2. The molecule has 0 aliphatic carbocycles. The average molecular weight is 700 g/mol. The zero-order valence-corrected chi connectivity index (χ0v) is 33.4. The average Bonchev–Trinajstić information content (AvgIpc) is 3.63. The van der Waals surface area contributed by atoms with E-state index in [1.54, 1.807) is 0 Å². The van der Waals surface area contributed by atoms with Crippen LogP contribution in [0, 0.1) is 28.7 Å². The van der Waals surface area contributed by atoms with Crippen molar-refractivity contribution in [3.63, 3.8) is 0 Å². The summed E-state index contributed by atoms with van der Waals surface area (Å²) in [5.74, 6) is 1.16. The van der Waals surface area contributed by atoms with E-state index in [1.807, 2.05) is 0 Å². The van der Waals surface area contributed by atoms with Crippen molar-refractivity contribution in [2.45, 2.75) is 79.6 Å². The molecule has 2 radical (unpaired) electrons. The van der Waals surface area contributed by atoms with Crippen molar-refractivity contribution in [2.75, 3.05) is 0 Å². The molecule has 6 rings (SSSR count). The molecule has 0 nitrogen and oxygen atoms in total. The van der Waals surface area contributed by atoms with Gasteiger partial charge in [0.2, 0.25) is 0 Å². The number of hydrogen-bond acceptors (Lipinski definition) is 0. The van der Waals surface area contributed by atoms with Crippen LogP contribution in [0.2, 0.25) is 0 Å². The molecule has 0 fully saturated rings. The SMILES string of the molecule is CC(C)c1cc2c(-c3ccc(C(C)(C)C)cc3)cccc2[cH-]1.Cc1cc2c(-c3ccc(C(C)C)cc3)ccc(C)c2[cH-]1.[CH3-].[CH3-].[Si]=[Zr]. The van der Waals surface area contributed by atoms with Crippen molar-refractivity contribution in [1.82, 2.24) is 0 Å². The fourth-order valence-electron chi connectivity index (χ4n) is 5.88. The normalized spacial score (nSPS) is 10.9. The summed E-state index contributed by atoms with van der Waals surface area (Å²) >= 11 is 1.36. The number of hydrogen-bond donors (Lipinski definition) is 0. The second-order valence-corrected chi connectivity index (χ2v) is 13.6. The van der Waals surface area contributed by atoms with Gasteiger partial charge < -0.3 is 14.9 Å². The Labute approximate surface area is 297 Å². The monoisotopic (exact) mass is 698 g/mol. The molecular formula is C44H52SiZr-4. The first kappa shape index (κ1) is 39.4. The van der Waals surface area contributed by atoms with Crippen LogP contribution in [0.4, 0.5) is 0 Å². The van der Waals surface area contributed by atoms with Gasteiger partial charge in [0, 0.05) is 0 Å². The third-order valence-corrected chi connectivity index (χ3v) is 8.64. The first-order chi connectivity index (χ1) is 20.9. The Hall–Kier alpha value is -2.80. The molecule has 0 heterocycles. The van der Waals surface area contributed by atoms with Gasteiger partial charge in [0.15, 0.2) is 0 Å². The summed E-state index contributed by atoms with van der Waals surface area (Å²) in [4.78, 5) is 0. The molecule has 0 aliphatic heterocycles. The van der Waals surface area contributed by atoms with Crippen molar-refractivity contribution < 1.29 is 23.3 Å². The minimum atomic E-state index is 0. The molecule has 2 heteroatoms. The molecule has 0 N–H and O–H groups in total. The summed E-state index contributed by atoms with van der Waals surface area (Å²) in [5, 5.41) is 5.48. The summed E-state index contributed by atoms with van der Waals surface area (Å²) in [5.41, 5.74) is 12.4. The standard InChI is InChI=1S/C22H25.C20H21.2CH3.Si.Zr/c1-15(2)18-13-17-7-6-8-20(21(17)14-18)16-9-11-19(12-10-16)22(3,4)5;1-13(2)16-6-8-17(9-7-16)18-10-5-15(4)19-11-14(3)12-20(18)19;;;;/h6-15H,1-5H3;5-13H,1-4H3;2*1H3;;/q4*-1;;. The van der Waals surface area contributed by atoms with E-state index in [1.165, 1.54) is 95.0 Å². The molecule has 0 spiro atoms.